The SMILES string of the molecule is CCCCCCCCC1CCC(c2ccc3cc(OC)ccc3c2)CC1. The summed E-state index contributed by atoms with van der Waals surface area (Å²) in [6.45, 7) is 2.30. The van der Waals surface area contributed by atoms with Crippen LogP contribution in [0.3, 0.4) is 0 Å². The minimum Gasteiger partial charge on any atom is -0.497 e. The Balaban J connectivity index is 1.46. The molecule has 0 radical (unpaired) electrons. The Kier molecular flexibility index (Phi) is 7.41. The van der Waals surface area contributed by atoms with Gasteiger partial charge in [-0.2, -0.15) is 0 Å². The van der Waals surface area contributed by atoms with E-state index in [4.69, 9.17) is 4.74 Å². The lowest BCUT2D eigenvalue weighted by molar-refractivity contribution is 0.302. The number of hydrogen-bond donors (Lipinski definition) is 0. The van der Waals surface area contributed by atoms with E-state index in [1.807, 2.05) is 0 Å². The van der Waals surface area contributed by atoms with E-state index in [2.05, 4.69) is 43.3 Å². The van der Waals surface area contributed by atoms with Crippen molar-refractivity contribution in [2.75, 3.05) is 7.11 Å². The normalized spacial score (nSPS) is 20.4. The molecule has 142 valence electrons. The summed E-state index contributed by atoms with van der Waals surface area (Å²) in [4.78, 5) is 0. The Morgan fingerprint density at radius 1 is 0.808 bits per heavy atom. The highest BCUT2D eigenvalue weighted by Crippen LogP contribution is 2.38. The molecular weight excluding hydrogens is 316 g/mol. The predicted octanol–water partition coefficient (Wildman–Crippen LogP) is 7.87. The molecule has 1 aliphatic rings. The fraction of sp³-hybridized carbons (Fsp3) is 0.600. The minimum absolute atomic E-state index is 0.766. The van der Waals surface area contributed by atoms with Crippen molar-refractivity contribution in [2.45, 2.75) is 83.5 Å². The minimum atomic E-state index is 0.766. The van der Waals surface area contributed by atoms with Gasteiger partial charge < -0.3 is 4.74 Å². The maximum absolute atomic E-state index is 5.34. The Labute approximate surface area is 160 Å². The number of unbranched alkanes of at least 4 members (excludes halogenated alkanes) is 5. The lowest BCUT2D eigenvalue weighted by Gasteiger charge is -2.29. The molecule has 1 aliphatic carbocycles. The molecule has 1 saturated carbocycles. The van der Waals surface area contributed by atoms with E-state index in [0.29, 0.717) is 0 Å². The fourth-order valence-electron chi connectivity index (χ4n) is 4.62. The van der Waals surface area contributed by atoms with E-state index >= 15 is 0 Å². The lowest BCUT2D eigenvalue weighted by Crippen LogP contribution is -2.13. The second-order valence-corrected chi connectivity index (χ2v) is 8.25. The van der Waals surface area contributed by atoms with Gasteiger partial charge in [0.1, 0.15) is 5.75 Å². The van der Waals surface area contributed by atoms with Crippen molar-refractivity contribution in [2.24, 2.45) is 5.92 Å². The molecule has 0 unspecified atom stereocenters. The summed E-state index contributed by atoms with van der Waals surface area (Å²) in [7, 11) is 1.74. The second kappa shape index (κ2) is 10.00. The first-order valence-electron chi connectivity index (χ1n) is 10.9. The lowest BCUT2D eigenvalue weighted by atomic mass is 9.77. The Morgan fingerprint density at radius 3 is 2.27 bits per heavy atom. The molecule has 1 nitrogen and oxygen atoms in total. The van der Waals surface area contributed by atoms with Crippen LogP contribution in [-0.2, 0) is 0 Å². The highest BCUT2D eigenvalue weighted by Gasteiger charge is 2.22. The molecule has 0 N–H and O–H groups in total. The summed E-state index contributed by atoms with van der Waals surface area (Å²) in [5.74, 6) is 2.70. The third-order valence-corrected chi connectivity index (χ3v) is 6.36. The van der Waals surface area contributed by atoms with Crippen LogP contribution >= 0.6 is 0 Å². The molecule has 0 spiro atoms. The monoisotopic (exact) mass is 352 g/mol. The molecule has 0 atom stereocenters. The van der Waals surface area contributed by atoms with Gasteiger partial charge in [-0.3, -0.25) is 0 Å². The fourth-order valence-corrected chi connectivity index (χ4v) is 4.62. The van der Waals surface area contributed by atoms with Gasteiger partial charge in [-0.25, -0.2) is 0 Å². The largest absolute Gasteiger partial charge is 0.497 e. The quantitative estimate of drug-likeness (QED) is 0.417. The molecule has 26 heavy (non-hydrogen) atoms. The molecular formula is C25H36O. The molecule has 0 saturated heterocycles. The van der Waals surface area contributed by atoms with Crippen LogP contribution in [0.25, 0.3) is 10.8 Å². The molecule has 2 aromatic rings. The summed E-state index contributed by atoms with van der Waals surface area (Å²) < 4.78 is 5.34. The molecule has 0 amide bonds. The first-order chi connectivity index (χ1) is 12.8. The number of hydrogen-bond acceptors (Lipinski definition) is 1. The van der Waals surface area contributed by atoms with Crippen LogP contribution in [0.2, 0.25) is 0 Å². The van der Waals surface area contributed by atoms with Crippen molar-refractivity contribution in [3.05, 3.63) is 42.0 Å². The van der Waals surface area contributed by atoms with Crippen molar-refractivity contribution < 1.29 is 4.74 Å². The zero-order chi connectivity index (χ0) is 18.2. The van der Waals surface area contributed by atoms with Crippen LogP contribution < -0.4 is 4.74 Å². The van der Waals surface area contributed by atoms with Gasteiger partial charge >= 0.3 is 0 Å². The number of ether oxygens (including phenoxy) is 1. The molecule has 0 aromatic heterocycles. The Bertz CT molecular complexity index is 667. The number of benzene rings is 2. The Hall–Kier alpha value is -1.50. The summed E-state index contributed by atoms with van der Waals surface area (Å²) >= 11 is 0. The smallest absolute Gasteiger partial charge is 0.119 e. The van der Waals surface area contributed by atoms with E-state index in [1.54, 1.807) is 12.7 Å². The molecule has 0 aliphatic heterocycles. The second-order valence-electron chi connectivity index (χ2n) is 8.25. The van der Waals surface area contributed by atoms with E-state index in [0.717, 1.165) is 17.6 Å². The first kappa shape index (κ1) is 19.3. The third-order valence-electron chi connectivity index (χ3n) is 6.36. The Morgan fingerprint density at radius 2 is 1.50 bits per heavy atom. The molecule has 2 aromatic carbocycles. The summed E-state index contributed by atoms with van der Waals surface area (Å²) in [6.07, 6.45) is 15.7. The van der Waals surface area contributed by atoms with Gasteiger partial charge in [0.05, 0.1) is 7.11 Å². The highest BCUT2D eigenvalue weighted by molar-refractivity contribution is 5.84. The van der Waals surface area contributed by atoms with E-state index in [1.165, 1.54) is 81.4 Å². The zero-order valence-corrected chi connectivity index (χ0v) is 16.8. The van der Waals surface area contributed by atoms with Gasteiger partial charge in [-0.1, -0.05) is 76.1 Å². The number of fused-ring (bicyclic) bond motifs is 1. The van der Waals surface area contributed by atoms with Gasteiger partial charge in [0.15, 0.2) is 0 Å². The standard InChI is InChI=1S/C25H36O/c1-3-4-5-6-7-8-9-20-10-12-21(13-11-20)22-14-15-24-19-25(26-2)17-16-23(24)18-22/h14-21H,3-13H2,1-2H3. The third kappa shape index (κ3) is 5.25. The van der Waals surface area contributed by atoms with Crippen LogP contribution in [-0.4, -0.2) is 7.11 Å². The maximum atomic E-state index is 5.34. The zero-order valence-electron chi connectivity index (χ0n) is 16.8. The molecule has 0 heterocycles. The molecule has 3 rings (SSSR count). The average Bonchev–Trinajstić information content (AvgIpc) is 2.70. The van der Waals surface area contributed by atoms with Crippen molar-refractivity contribution in [1.82, 2.24) is 0 Å². The molecule has 0 bridgehead atoms. The predicted molar refractivity (Wildman–Crippen MR) is 113 cm³/mol. The van der Waals surface area contributed by atoms with Crippen LogP contribution in [0.4, 0.5) is 0 Å². The van der Waals surface area contributed by atoms with Crippen molar-refractivity contribution in [1.29, 1.82) is 0 Å². The average molecular weight is 353 g/mol. The van der Waals surface area contributed by atoms with Crippen molar-refractivity contribution in [3.8, 4) is 5.75 Å². The van der Waals surface area contributed by atoms with Gasteiger partial charge in [0.25, 0.3) is 0 Å². The number of methoxy groups -OCH3 is 1. The van der Waals surface area contributed by atoms with Crippen LogP contribution in [0.5, 0.6) is 5.75 Å². The van der Waals surface area contributed by atoms with Gasteiger partial charge in [0, 0.05) is 0 Å². The highest BCUT2D eigenvalue weighted by atomic mass is 16.5. The van der Waals surface area contributed by atoms with E-state index < -0.39 is 0 Å². The van der Waals surface area contributed by atoms with E-state index in [9.17, 15) is 0 Å². The van der Waals surface area contributed by atoms with E-state index in [-0.39, 0.29) is 0 Å². The van der Waals surface area contributed by atoms with Crippen LogP contribution in [0.15, 0.2) is 36.4 Å². The van der Waals surface area contributed by atoms with Crippen molar-refractivity contribution >= 4 is 10.8 Å². The van der Waals surface area contributed by atoms with Gasteiger partial charge in [0.2, 0.25) is 0 Å². The van der Waals surface area contributed by atoms with Gasteiger partial charge in [-0.15, -0.1) is 0 Å². The summed E-state index contributed by atoms with van der Waals surface area (Å²) in [5.41, 5.74) is 1.54. The summed E-state index contributed by atoms with van der Waals surface area (Å²) in [6, 6.07) is 13.4. The van der Waals surface area contributed by atoms with Gasteiger partial charge in [-0.05, 0) is 66.0 Å². The molecule has 1 heteroatoms. The topological polar surface area (TPSA) is 9.23 Å². The summed E-state index contributed by atoms with van der Waals surface area (Å²) in [5, 5.41) is 2.63. The van der Waals surface area contributed by atoms with Crippen molar-refractivity contribution in [3.63, 3.8) is 0 Å². The molecule has 1 fully saturated rings. The van der Waals surface area contributed by atoms with Crippen LogP contribution in [0.1, 0.15) is 89.0 Å². The first-order valence-corrected chi connectivity index (χ1v) is 10.9. The number of rotatable bonds is 9. The maximum Gasteiger partial charge on any atom is 0.119 e. The van der Waals surface area contributed by atoms with Crippen LogP contribution in [0, 0.1) is 5.92 Å².